The molecule has 0 bridgehead atoms. The van der Waals surface area contributed by atoms with E-state index in [-0.39, 0.29) is 23.5 Å². The van der Waals surface area contributed by atoms with E-state index >= 15 is 0 Å². The third kappa shape index (κ3) is 1.81. The number of carbonyl (C=O) groups excluding carboxylic acids is 2. The minimum atomic E-state index is -0.321. The second-order valence-corrected chi connectivity index (χ2v) is 4.37. The summed E-state index contributed by atoms with van der Waals surface area (Å²) in [6.45, 7) is 0.682. The zero-order chi connectivity index (χ0) is 9.97. The number of hydrogen-bond acceptors (Lipinski definition) is 2. The SMILES string of the molecule is O=C1NCCC1C(=O)C1CCCCC1. The van der Waals surface area contributed by atoms with Crippen LogP contribution in [0.1, 0.15) is 38.5 Å². The topological polar surface area (TPSA) is 46.2 Å². The van der Waals surface area contributed by atoms with Crippen molar-refractivity contribution < 1.29 is 9.59 Å². The van der Waals surface area contributed by atoms with Crippen LogP contribution in [-0.2, 0) is 9.59 Å². The Morgan fingerprint density at radius 3 is 2.43 bits per heavy atom. The van der Waals surface area contributed by atoms with Crippen molar-refractivity contribution >= 4 is 11.7 Å². The standard InChI is InChI=1S/C11H17NO2/c13-10(8-4-2-1-3-5-8)9-6-7-12-11(9)14/h8-9H,1-7H2,(H,12,14). The van der Waals surface area contributed by atoms with Crippen LogP contribution in [-0.4, -0.2) is 18.2 Å². The van der Waals surface area contributed by atoms with Crippen LogP contribution in [0.25, 0.3) is 0 Å². The van der Waals surface area contributed by atoms with Gasteiger partial charge in [0.05, 0.1) is 5.92 Å². The average molecular weight is 195 g/mol. The fraction of sp³-hybridized carbons (Fsp3) is 0.818. The maximum atomic E-state index is 11.9. The maximum Gasteiger partial charge on any atom is 0.230 e. The molecule has 78 valence electrons. The van der Waals surface area contributed by atoms with E-state index in [4.69, 9.17) is 0 Å². The van der Waals surface area contributed by atoms with Crippen LogP contribution in [0.5, 0.6) is 0 Å². The molecule has 0 aromatic heterocycles. The highest BCUT2D eigenvalue weighted by Crippen LogP contribution is 2.28. The molecule has 2 aliphatic rings. The number of ketones is 1. The molecule has 2 fully saturated rings. The monoisotopic (exact) mass is 195 g/mol. The van der Waals surface area contributed by atoms with Gasteiger partial charge in [0.25, 0.3) is 0 Å². The largest absolute Gasteiger partial charge is 0.355 e. The summed E-state index contributed by atoms with van der Waals surface area (Å²) in [7, 11) is 0. The molecule has 1 atom stereocenters. The Morgan fingerprint density at radius 1 is 1.14 bits per heavy atom. The van der Waals surface area contributed by atoms with E-state index in [1.807, 2.05) is 0 Å². The Bertz CT molecular complexity index is 244. The van der Waals surface area contributed by atoms with Crippen LogP contribution in [0.2, 0.25) is 0 Å². The van der Waals surface area contributed by atoms with Crippen molar-refractivity contribution in [3.63, 3.8) is 0 Å². The summed E-state index contributed by atoms with van der Waals surface area (Å²) in [6.07, 6.45) is 6.29. The third-order valence-electron chi connectivity index (χ3n) is 3.40. The van der Waals surface area contributed by atoms with E-state index in [0.29, 0.717) is 13.0 Å². The van der Waals surface area contributed by atoms with Gasteiger partial charge in [-0.05, 0) is 19.3 Å². The van der Waals surface area contributed by atoms with Gasteiger partial charge in [-0.2, -0.15) is 0 Å². The lowest BCUT2D eigenvalue weighted by molar-refractivity contribution is -0.134. The van der Waals surface area contributed by atoms with Gasteiger partial charge in [0, 0.05) is 12.5 Å². The number of hydrogen-bond donors (Lipinski definition) is 1. The van der Waals surface area contributed by atoms with Gasteiger partial charge in [-0.3, -0.25) is 9.59 Å². The summed E-state index contributed by atoms with van der Waals surface area (Å²) in [5, 5.41) is 2.73. The average Bonchev–Trinajstić information content (AvgIpc) is 2.65. The van der Waals surface area contributed by atoms with Gasteiger partial charge in [-0.25, -0.2) is 0 Å². The molecule has 14 heavy (non-hydrogen) atoms. The van der Waals surface area contributed by atoms with Crippen molar-refractivity contribution in [1.82, 2.24) is 5.32 Å². The summed E-state index contributed by atoms with van der Waals surface area (Å²) in [4.78, 5) is 23.3. The molecular weight excluding hydrogens is 178 g/mol. The second-order valence-electron chi connectivity index (χ2n) is 4.37. The van der Waals surface area contributed by atoms with E-state index in [1.54, 1.807) is 0 Å². The third-order valence-corrected chi connectivity index (χ3v) is 3.40. The number of nitrogens with one attached hydrogen (secondary N) is 1. The Labute approximate surface area is 84.2 Å². The van der Waals surface area contributed by atoms with E-state index in [1.165, 1.54) is 6.42 Å². The minimum Gasteiger partial charge on any atom is -0.355 e. The van der Waals surface area contributed by atoms with Gasteiger partial charge in [-0.1, -0.05) is 19.3 Å². The van der Waals surface area contributed by atoms with Gasteiger partial charge in [0.2, 0.25) is 5.91 Å². The lowest BCUT2D eigenvalue weighted by Gasteiger charge is -2.22. The van der Waals surface area contributed by atoms with Gasteiger partial charge < -0.3 is 5.32 Å². The number of amides is 1. The molecule has 3 nitrogen and oxygen atoms in total. The Balaban J connectivity index is 1.96. The lowest BCUT2D eigenvalue weighted by atomic mass is 9.81. The Kier molecular flexibility index (Phi) is 2.85. The normalized spacial score (nSPS) is 28.9. The van der Waals surface area contributed by atoms with Crippen molar-refractivity contribution in [3.8, 4) is 0 Å². The second kappa shape index (κ2) is 4.11. The van der Waals surface area contributed by atoms with Crippen molar-refractivity contribution in [2.75, 3.05) is 6.54 Å². The summed E-state index contributed by atoms with van der Waals surface area (Å²) in [5.74, 6) is 0.0240. The number of Topliss-reactive ketones (excluding diaryl/α,β-unsaturated/α-hetero) is 1. The summed E-state index contributed by atoms with van der Waals surface area (Å²) >= 11 is 0. The highest BCUT2D eigenvalue weighted by Gasteiger charge is 2.35. The molecule has 0 aromatic carbocycles. The molecule has 1 saturated carbocycles. The van der Waals surface area contributed by atoms with Crippen LogP contribution < -0.4 is 5.32 Å². The van der Waals surface area contributed by atoms with Crippen molar-refractivity contribution in [1.29, 1.82) is 0 Å². The zero-order valence-electron chi connectivity index (χ0n) is 8.42. The van der Waals surface area contributed by atoms with E-state index < -0.39 is 0 Å². The van der Waals surface area contributed by atoms with E-state index in [0.717, 1.165) is 25.7 Å². The van der Waals surface area contributed by atoms with Crippen molar-refractivity contribution in [2.24, 2.45) is 11.8 Å². The fourth-order valence-corrected chi connectivity index (χ4v) is 2.54. The van der Waals surface area contributed by atoms with Gasteiger partial charge in [-0.15, -0.1) is 0 Å². The molecule has 0 aromatic rings. The van der Waals surface area contributed by atoms with Crippen LogP contribution in [0.15, 0.2) is 0 Å². The van der Waals surface area contributed by atoms with Gasteiger partial charge in [0.1, 0.15) is 5.78 Å². The molecular formula is C11H17NO2. The predicted octanol–water partition coefficient (Wildman–Crippen LogP) is 1.27. The highest BCUT2D eigenvalue weighted by molar-refractivity contribution is 6.03. The van der Waals surface area contributed by atoms with Crippen LogP contribution >= 0.6 is 0 Å². The predicted molar refractivity (Wildman–Crippen MR) is 52.7 cm³/mol. The quantitative estimate of drug-likeness (QED) is 0.674. The molecule has 2 rings (SSSR count). The molecule has 3 heteroatoms. The smallest absolute Gasteiger partial charge is 0.230 e. The molecule has 1 unspecified atom stereocenters. The molecule has 0 spiro atoms. The Hall–Kier alpha value is -0.860. The van der Waals surface area contributed by atoms with Crippen molar-refractivity contribution in [2.45, 2.75) is 38.5 Å². The Morgan fingerprint density at radius 2 is 1.86 bits per heavy atom. The maximum absolute atomic E-state index is 11.9. The number of carbonyl (C=O) groups is 2. The first kappa shape index (κ1) is 9.69. The van der Waals surface area contributed by atoms with Crippen LogP contribution in [0, 0.1) is 11.8 Å². The first-order valence-corrected chi connectivity index (χ1v) is 5.60. The summed E-state index contributed by atoms with van der Waals surface area (Å²) < 4.78 is 0. The van der Waals surface area contributed by atoms with Crippen molar-refractivity contribution in [3.05, 3.63) is 0 Å². The highest BCUT2D eigenvalue weighted by atomic mass is 16.2. The molecule has 1 aliphatic carbocycles. The zero-order valence-corrected chi connectivity index (χ0v) is 8.42. The van der Waals surface area contributed by atoms with E-state index in [2.05, 4.69) is 5.32 Å². The molecule has 1 saturated heterocycles. The van der Waals surface area contributed by atoms with Gasteiger partial charge in [0.15, 0.2) is 0 Å². The lowest BCUT2D eigenvalue weighted by Crippen LogP contribution is -2.31. The molecule has 1 aliphatic heterocycles. The molecule has 1 heterocycles. The molecule has 1 N–H and O–H groups in total. The fourth-order valence-electron chi connectivity index (χ4n) is 2.54. The van der Waals surface area contributed by atoms with Gasteiger partial charge >= 0.3 is 0 Å². The van der Waals surface area contributed by atoms with Crippen LogP contribution in [0.3, 0.4) is 0 Å². The number of rotatable bonds is 2. The molecule has 0 radical (unpaired) electrons. The summed E-state index contributed by atoms with van der Waals surface area (Å²) in [6, 6.07) is 0. The molecule has 1 amide bonds. The summed E-state index contributed by atoms with van der Waals surface area (Å²) in [5.41, 5.74) is 0. The van der Waals surface area contributed by atoms with E-state index in [9.17, 15) is 9.59 Å². The first-order chi connectivity index (χ1) is 6.79. The minimum absolute atomic E-state index is 0.0411. The first-order valence-electron chi connectivity index (χ1n) is 5.60. The van der Waals surface area contributed by atoms with Crippen LogP contribution in [0.4, 0.5) is 0 Å².